The number of carbonyl (C=O) groups excluding carboxylic acids is 5. The topological polar surface area (TPSA) is 143 Å². The van der Waals surface area contributed by atoms with E-state index in [1.54, 1.807) is 0 Å². The van der Waals surface area contributed by atoms with E-state index < -0.39 is 11.9 Å². The fourth-order valence-electron chi connectivity index (χ4n) is 3.02. The molecule has 2 heterocycles. The van der Waals surface area contributed by atoms with Crippen molar-refractivity contribution in [3.05, 3.63) is 11.8 Å². The van der Waals surface area contributed by atoms with E-state index in [0.29, 0.717) is 32.3 Å². The van der Waals surface area contributed by atoms with E-state index in [9.17, 15) is 24.0 Å². The first kappa shape index (κ1) is 22.5. The molecule has 2 rings (SSSR count). The molecule has 29 heavy (non-hydrogen) atoms. The Kier molecular flexibility index (Phi) is 9.29. The molecule has 2 aliphatic rings. The van der Waals surface area contributed by atoms with Gasteiger partial charge in [0.25, 0.3) is 5.91 Å². The molecule has 0 aromatic heterocycles. The zero-order valence-electron chi connectivity index (χ0n) is 16.4. The Morgan fingerprint density at radius 1 is 1.07 bits per heavy atom. The molecule has 0 spiro atoms. The van der Waals surface area contributed by atoms with Crippen molar-refractivity contribution in [2.75, 3.05) is 13.3 Å². The number of hydrogen-bond acceptors (Lipinski definition) is 6. The standard InChI is InChI=1S/C19H28N4O6/c24-15(21-13-6-5-11-29-12-20-18(13)27)7-3-1-2-4-8-16(25)22-14-9-10-17(26)23-19(14)28/h9,13H,1-8,10-12H2,(H,20,27)(H,21,24)(H,22,25)(H,23,26,28). The van der Waals surface area contributed by atoms with Crippen LogP contribution in [0.1, 0.15) is 57.8 Å². The van der Waals surface area contributed by atoms with Gasteiger partial charge in [0, 0.05) is 25.9 Å². The molecule has 10 nitrogen and oxygen atoms in total. The molecule has 5 amide bonds. The van der Waals surface area contributed by atoms with Crippen LogP contribution < -0.4 is 21.3 Å². The first-order valence-corrected chi connectivity index (χ1v) is 9.94. The summed E-state index contributed by atoms with van der Waals surface area (Å²) in [5.74, 6) is -1.64. The molecule has 1 unspecified atom stereocenters. The van der Waals surface area contributed by atoms with Crippen LogP contribution in [0.25, 0.3) is 0 Å². The van der Waals surface area contributed by atoms with Crippen molar-refractivity contribution in [2.24, 2.45) is 0 Å². The van der Waals surface area contributed by atoms with Gasteiger partial charge in [0.2, 0.25) is 23.6 Å². The lowest BCUT2D eigenvalue weighted by Crippen LogP contribution is -2.48. The van der Waals surface area contributed by atoms with Crippen LogP contribution in [0.2, 0.25) is 0 Å². The first-order chi connectivity index (χ1) is 14.0. The highest BCUT2D eigenvalue weighted by molar-refractivity contribution is 6.08. The summed E-state index contributed by atoms with van der Waals surface area (Å²) in [5.41, 5.74) is 0.107. The van der Waals surface area contributed by atoms with Gasteiger partial charge in [0.1, 0.15) is 18.5 Å². The summed E-state index contributed by atoms with van der Waals surface area (Å²) in [6.45, 7) is 0.721. The number of unbranched alkanes of at least 4 members (excludes halogenated alkanes) is 3. The molecule has 1 fully saturated rings. The lowest BCUT2D eigenvalue weighted by Gasteiger charge is -2.21. The molecule has 0 saturated carbocycles. The largest absolute Gasteiger partial charge is 0.361 e. The zero-order valence-corrected chi connectivity index (χ0v) is 16.4. The van der Waals surface area contributed by atoms with Crippen molar-refractivity contribution < 1.29 is 28.7 Å². The Morgan fingerprint density at radius 3 is 2.52 bits per heavy atom. The van der Waals surface area contributed by atoms with Gasteiger partial charge >= 0.3 is 0 Å². The second-order valence-corrected chi connectivity index (χ2v) is 7.02. The Balaban J connectivity index is 1.54. The fourth-order valence-corrected chi connectivity index (χ4v) is 3.02. The van der Waals surface area contributed by atoms with Crippen molar-refractivity contribution in [1.82, 2.24) is 21.3 Å². The van der Waals surface area contributed by atoms with Crippen molar-refractivity contribution >= 4 is 29.5 Å². The fraction of sp³-hybridized carbons (Fsp3) is 0.632. The molecule has 2 aliphatic heterocycles. The summed E-state index contributed by atoms with van der Waals surface area (Å²) in [7, 11) is 0. The predicted molar refractivity (Wildman–Crippen MR) is 102 cm³/mol. The smallest absolute Gasteiger partial charge is 0.274 e. The highest BCUT2D eigenvalue weighted by Crippen LogP contribution is 2.08. The normalized spacial score (nSPS) is 19.9. The number of carbonyl (C=O) groups is 5. The van der Waals surface area contributed by atoms with Crippen LogP contribution in [0.3, 0.4) is 0 Å². The monoisotopic (exact) mass is 408 g/mol. The van der Waals surface area contributed by atoms with E-state index in [4.69, 9.17) is 4.74 Å². The van der Waals surface area contributed by atoms with E-state index in [2.05, 4.69) is 21.3 Å². The Morgan fingerprint density at radius 2 is 1.79 bits per heavy atom. The number of hydrogen-bond donors (Lipinski definition) is 4. The Labute approximate surface area is 169 Å². The van der Waals surface area contributed by atoms with Crippen LogP contribution >= 0.6 is 0 Å². The van der Waals surface area contributed by atoms with E-state index in [1.807, 2.05) is 0 Å². The number of amides is 5. The van der Waals surface area contributed by atoms with Gasteiger partial charge in [-0.25, -0.2) is 0 Å². The molecule has 1 saturated heterocycles. The van der Waals surface area contributed by atoms with Crippen molar-refractivity contribution in [3.63, 3.8) is 0 Å². The quantitative estimate of drug-likeness (QED) is 0.306. The predicted octanol–water partition coefficient (Wildman–Crippen LogP) is -0.257. The summed E-state index contributed by atoms with van der Waals surface area (Å²) < 4.78 is 5.16. The number of rotatable bonds is 9. The molecule has 160 valence electrons. The minimum absolute atomic E-state index is 0.0692. The first-order valence-electron chi connectivity index (χ1n) is 9.94. The van der Waals surface area contributed by atoms with Gasteiger partial charge in [0.05, 0.1) is 0 Å². The maximum Gasteiger partial charge on any atom is 0.274 e. The van der Waals surface area contributed by atoms with E-state index in [-0.39, 0.29) is 48.9 Å². The van der Waals surface area contributed by atoms with E-state index in [0.717, 1.165) is 19.3 Å². The van der Waals surface area contributed by atoms with E-state index >= 15 is 0 Å². The van der Waals surface area contributed by atoms with Crippen LogP contribution in [0.4, 0.5) is 0 Å². The van der Waals surface area contributed by atoms with Gasteiger partial charge < -0.3 is 20.7 Å². The Bertz CT molecular complexity index is 676. The molecular weight excluding hydrogens is 380 g/mol. The van der Waals surface area contributed by atoms with Crippen molar-refractivity contribution in [2.45, 2.75) is 63.8 Å². The minimum Gasteiger partial charge on any atom is -0.361 e. The third kappa shape index (κ3) is 8.43. The van der Waals surface area contributed by atoms with Crippen LogP contribution in [-0.4, -0.2) is 48.9 Å². The molecular formula is C19H28N4O6. The number of ether oxygens (including phenoxy) is 1. The molecule has 0 aliphatic carbocycles. The molecule has 0 aromatic carbocycles. The van der Waals surface area contributed by atoms with Gasteiger partial charge in [-0.15, -0.1) is 0 Å². The summed E-state index contributed by atoms with van der Waals surface area (Å²) in [6, 6.07) is -0.517. The summed E-state index contributed by atoms with van der Waals surface area (Å²) in [6.07, 6.45) is 6.18. The SMILES string of the molecule is O=C1CC=C(NC(=O)CCCCCCC(=O)NC2CCCOCNC2=O)C(=O)N1. The summed E-state index contributed by atoms with van der Waals surface area (Å²) >= 11 is 0. The average molecular weight is 408 g/mol. The molecule has 0 bridgehead atoms. The maximum atomic E-state index is 12.0. The van der Waals surface area contributed by atoms with Crippen molar-refractivity contribution in [1.29, 1.82) is 0 Å². The summed E-state index contributed by atoms with van der Waals surface area (Å²) in [4.78, 5) is 58.3. The van der Waals surface area contributed by atoms with Crippen molar-refractivity contribution in [3.8, 4) is 0 Å². The van der Waals surface area contributed by atoms with Gasteiger partial charge in [-0.1, -0.05) is 12.8 Å². The van der Waals surface area contributed by atoms with Crippen LogP contribution in [-0.2, 0) is 28.7 Å². The molecule has 0 radical (unpaired) electrons. The van der Waals surface area contributed by atoms with Crippen LogP contribution in [0.5, 0.6) is 0 Å². The maximum absolute atomic E-state index is 12.0. The third-order valence-electron chi connectivity index (χ3n) is 4.60. The second-order valence-electron chi connectivity index (χ2n) is 7.02. The molecule has 1 atom stereocenters. The van der Waals surface area contributed by atoms with Gasteiger partial charge in [-0.3, -0.25) is 29.3 Å². The molecule has 0 aromatic rings. The van der Waals surface area contributed by atoms with Gasteiger partial charge in [-0.05, 0) is 31.8 Å². The molecule has 10 heteroatoms. The number of nitrogens with one attached hydrogen (secondary N) is 4. The third-order valence-corrected chi connectivity index (χ3v) is 4.60. The lowest BCUT2D eigenvalue weighted by molar-refractivity contribution is -0.131. The molecule has 4 N–H and O–H groups in total. The average Bonchev–Trinajstić information content (AvgIpc) is 2.66. The van der Waals surface area contributed by atoms with E-state index in [1.165, 1.54) is 6.08 Å². The second kappa shape index (κ2) is 11.9. The van der Waals surface area contributed by atoms with Gasteiger partial charge in [0.15, 0.2) is 0 Å². The number of imide groups is 1. The zero-order chi connectivity index (χ0) is 21.1. The van der Waals surface area contributed by atoms with Crippen LogP contribution in [0.15, 0.2) is 11.8 Å². The van der Waals surface area contributed by atoms with Crippen LogP contribution in [0, 0.1) is 0 Å². The van der Waals surface area contributed by atoms with Gasteiger partial charge in [-0.2, -0.15) is 0 Å². The lowest BCUT2D eigenvalue weighted by atomic mass is 10.1. The highest BCUT2D eigenvalue weighted by atomic mass is 16.5. The minimum atomic E-state index is -0.592. The highest BCUT2D eigenvalue weighted by Gasteiger charge is 2.22. The Hall–Kier alpha value is -2.75. The summed E-state index contributed by atoms with van der Waals surface area (Å²) in [5, 5.41) is 10.0.